The smallest absolute Gasteiger partial charge is 0.111 e. The van der Waals surface area contributed by atoms with Gasteiger partial charge in [-0.1, -0.05) is 0 Å². The molecule has 0 spiro atoms. The summed E-state index contributed by atoms with van der Waals surface area (Å²) >= 11 is 0. The molecule has 0 atom stereocenters. The molecule has 1 rings (SSSR count). The molecule has 1 aromatic rings. The highest BCUT2D eigenvalue weighted by Crippen LogP contribution is 1.87. The highest BCUT2D eigenvalue weighted by atomic mass is 15.0. The summed E-state index contributed by atoms with van der Waals surface area (Å²) in [5.41, 5.74) is 1.07. The van der Waals surface area contributed by atoms with Crippen LogP contribution in [0.1, 0.15) is 5.69 Å². The molecular formula is C5H7N2. The zero-order valence-electron chi connectivity index (χ0n) is 4.47. The van der Waals surface area contributed by atoms with Gasteiger partial charge in [-0.05, 0) is 6.92 Å². The number of rotatable bonds is 0. The largest absolute Gasteiger partial charge is 0.337 e. The van der Waals surface area contributed by atoms with E-state index in [2.05, 4.69) is 11.2 Å². The van der Waals surface area contributed by atoms with Crippen molar-refractivity contribution in [2.45, 2.75) is 6.92 Å². The van der Waals surface area contributed by atoms with Crippen molar-refractivity contribution in [3.63, 3.8) is 0 Å². The first-order valence-electron chi connectivity index (χ1n) is 2.16. The van der Waals surface area contributed by atoms with E-state index in [1.165, 1.54) is 0 Å². The van der Waals surface area contributed by atoms with Gasteiger partial charge in [-0.15, -0.1) is 0 Å². The molecule has 0 aliphatic heterocycles. The van der Waals surface area contributed by atoms with E-state index in [-0.39, 0.29) is 0 Å². The molecule has 0 fully saturated rings. The Kier molecular flexibility index (Phi) is 0.855. The Hall–Kier alpha value is -0.790. The minimum absolute atomic E-state index is 1.07. The molecule has 0 aliphatic carbocycles. The van der Waals surface area contributed by atoms with Crippen molar-refractivity contribution in [1.82, 2.24) is 9.55 Å². The summed E-state index contributed by atoms with van der Waals surface area (Å²) in [6.45, 7) is 1.97. The van der Waals surface area contributed by atoms with E-state index in [1.54, 1.807) is 6.33 Å². The van der Waals surface area contributed by atoms with Crippen molar-refractivity contribution in [1.29, 1.82) is 0 Å². The van der Waals surface area contributed by atoms with E-state index < -0.39 is 0 Å². The summed E-state index contributed by atoms with van der Waals surface area (Å²) < 4.78 is 1.92. The van der Waals surface area contributed by atoms with Gasteiger partial charge in [0.25, 0.3) is 0 Å². The quantitative estimate of drug-likeness (QED) is 0.459. The summed E-state index contributed by atoms with van der Waals surface area (Å²) in [4.78, 5) is 3.76. The predicted molar refractivity (Wildman–Crippen MR) is 26.8 cm³/mol. The van der Waals surface area contributed by atoms with Crippen LogP contribution in [0.5, 0.6) is 0 Å². The monoisotopic (exact) mass is 95.1 g/mol. The zero-order valence-corrected chi connectivity index (χ0v) is 4.47. The topological polar surface area (TPSA) is 17.8 Å². The van der Waals surface area contributed by atoms with Crippen LogP contribution >= 0.6 is 0 Å². The van der Waals surface area contributed by atoms with Gasteiger partial charge in [0.15, 0.2) is 0 Å². The summed E-state index contributed by atoms with van der Waals surface area (Å²) in [6.07, 6.45) is 4.51. The Balaban J connectivity index is 3.12. The molecule has 0 amide bonds. The summed E-state index contributed by atoms with van der Waals surface area (Å²) in [6, 6.07) is 0. The lowest BCUT2D eigenvalue weighted by atomic mass is 10.5. The third kappa shape index (κ3) is 0.633. The second-order valence-electron chi connectivity index (χ2n) is 1.55. The Morgan fingerprint density at radius 3 is 2.71 bits per heavy atom. The van der Waals surface area contributed by atoms with E-state index in [1.807, 2.05) is 18.5 Å². The molecule has 0 aliphatic rings. The van der Waals surface area contributed by atoms with Crippen LogP contribution in [0.4, 0.5) is 0 Å². The molecule has 1 aromatic heterocycles. The van der Waals surface area contributed by atoms with E-state index in [9.17, 15) is 0 Å². The minimum Gasteiger partial charge on any atom is -0.337 e. The normalized spacial score (nSPS) is 9.43. The lowest BCUT2D eigenvalue weighted by Crippen LogP contribution is -1.85. The lowest BCUT2D eigenvalue weighted by Gasteiger charge is -1.86. The predicted octanol–water partition coefficient (Wildman–Crippen LogP) is 0.529. The maximum Gasteiger partial charge on any atom is 0.111 e. The first-order chi connectivity index (χ1) is 3.30. The lowest BCUT2D eigenvalue weighted by molar-refractivity contribution is 0.873. The third-order valence-electron chi connectivity index (χ3n) is 0.986. The number of hydrogen-bond donors (Lipinski definition) is 0. The maximum absolute atomic E-state index is 3.76. The minimum atomic E-state index is 1.07. The number of hydrogen-bond acceptors (Lipinski definition) is 1. The number of aromatic nitrogens is 2. The van der Waals surface area contributed by atoms with Crippen LogP contribution in [0.3, 0.4) is 0 Å². The van der Waals surface area contributed by atoms with Gasteiger partial charge in [-0.3, -0.25) is 0 Å². The Morgan fingerprint density at radius 1 is 1.86 bits per heavy atom. The number of aryl methyl sites for hydroxylation is 2. The van der Waals surface area contributed by atoms with Crippen molar-refractivity contribution in [3.05, 3.63) is 18.2 Å². The Labute approximate surface area is 42.8 Å². The molecule has 37 valence electrons. The van der Waals surface area contributed by atoms with E-state index in [4.69, 9.17) is 0 Å². The number of imidazole rings is 1. The van der Waals surface area contributed by atoms with E-state index >= 15 is 0 Å². The van der Waals surface area contributed by atoms with Crippen LogP contribution < -0.4 is 0 Å². The molecule has 1 heterocycles. The van der Waals surface area contributed by atoms with Crippen LogP contribution in [0.15, 0.2) is 6.33 Å². The zero-order chi connectivity index (χ0) is 5.28. The van der Waals surface area contributed by atoms with Crippen LogP contribution in [0, 0.1) is 13.1 Å². The highest BCUT2D eigenvalue weighted by molar-refractivity contribution is 4.89. The molecule has 0 aromatic carbocycles. The molecule has 0 unspecified atom stereocenters. The average molecular weight is 95.1 g/mol. The van der Waals surface area contributed by atoms with Gasteiger partial charge in [0.1, 0.15) is 6.20 Å². The van der Waals surface area contributed by atoms with Gasteiger partial charge in [0.05, 0.1) is 6.33 Å². The molecule has 0 saturated carbocycles. The SMILES string of the molecule is Cc1[c]ncn1C. The van der Waals surface area contributed by atoms with Gasteiger partial charge in [0, 0.05) is 12.7 Å². The molecule has 0 N–H and O–H groups in total. The number of nitrogens with zero attached hydrogens (tertiary/aromatic N) is 2. The van der Waals surface area contributed by atoms with Crippen molar-refractivity contribution < 1.29 is 0 Å². The summed E-state index contributed by atoms with van der Waals surface area (Å²) in [5.74, 6) is 0. The molecule has 7 heavy (non-hydrogen) atoms. The molecule has 2 nitrogen and oxygen atoms in total. The standard InChI is InChI=1S/C5H7N2/c1-5-3-6-4-7(5)2/h4H,1-2H3. The van der Waals surface area contributed by atoms with Gasteiger partial charge < -0.3 is 4.57 Å². The van der Waals surface area contributed by atoms with Crippen LogP contribution in [0.2, 0.25) is 0 Å². The Morgan fingerprint density at radius 2 is 2.57 bits per heavy atom. The van der Waals surface area contributed by atoms with Crippen molar-refractivity contribution in [2.75, 3.05) is 0 Å². The summed E-state index contributed by atoms with van der Waals surface area (Å²) in [7, 11) is 1.94. The second kappa shape index (κ2) is 1.37. The van der Waals surface area contributed by atoms with Crippen LogP contribution in [-0.4, -0.2) is 9.55 Å². The van der Waals surface area contributed by atoms with Gasteiger partial charge in [-0.2, -0.15) is 0 Å². The van der Waals surface area contributed by atoms with E-state index in [0.29, 0.717) is 0 Å². The fourth-order valence-corrected chi connectivity index (χ4v) is 0.374. The molecule has 1 radical (unpaired) electrons. The first kappa shape index (κ1) is 4.37. The fraction of sp³-hybridized carbons (Fsp3) is 0.400. The van der Waals surface area contributed by atoms with Crippen molar-refractivity contribution in [2.24, 2.45) is 7.05 Å². The molecular weight excluding hydrogens is 88.1 g/mol. The van der Waals surface area contributed by atoms with E-state index in [0.717, 1.165) is 5.69 Å². The first-order valence-corrected chi connectivity index (χ1v) is 2.16. The molecule has 0 saturated heterocycles. The van der Waals surface area contributed by atoms with Crippen molar-refractivity contribution in [3.8, 4) is 0 Å². The second-order valence-corrected chi connectivity index (χ2v) is 1.55. The third-order valence-corrected chi connectivity index (χ3v) is 0.986. The van der Waals surface area contributed by atoms with Crippen molar-refractivity contribution >= 4 is 0 Å². The molecule has 0 bridgehead atoms. The van der Waals surface area contributed by atoms with Gasteiger partial charge >= 0.3 is 0 Å². The van der Waals surface area contributed by atoms with Gasteiger partial charge in [0.2, 0.25) is 0 Å². The van der Waals surface area contributed by atoms with Crippen LogP contribution in [-0.2, 0) is 7.05 Å². The highest BCUT2D eigenvalue weighted by Gasteiger charge is 1.84. The molecule has 2 heteroatoms. The maximum atomic E-state index is 3.76. The van der Waals surface area contributed by atoms with Gasteiger partial charge in [-0.25, -0.2) is 4.98 Å². The average Bonchev–Trinajstić information content (AvgIpc) is 1.91. The van der Waals surface area contributed by atoms with Crippen LogP contribution in [0.25, 0.3) is 0 Å². The summed E-state index contributed by atoms with van der Waals surface area (Å²) in [5, 5.41) is 0. The Bertz CT molecular complexity index is 138. The fourth-order valence-electron chi connectivity index (χ4n) is 0.374.